The molecular formula is C9H14ClNO. The molecule has 0 aromatic rings. The van der Waals surface area contributed by atoms with E-state index < -0.39 is 0 Å². The zero-order chi connectivity index (χ0) is 8.34. The third kappa shape index (κ3) is 0.740. The van der Waals surface area contributed by atoms with Crippen molar-refractivity contribution in [3.63, 3.8) is 0 Å². The molecular weight excluding hydrogens is 174 g/mol. The first-order valence-corrected chi connectivity index (χ1v) is 5.24. The summed E-state index contributed by atoms with van der Waals surface area (Å²) >= 11 is 6.14. The summed E-state index contributed by atoms with van der Waals surface area (Å²) in [6, 6.07) is 0.403. The minimum atomic E-state index is -0.101. The average Bonchev–Trinajstić information content (AvgIpc) is 2.47. The summed E-state index contributed by atoms with van der Waals surface area (Å²) in [5.74, 6) is 0. The number of alkyl halides is 1. The molecule has 1 spiro atoms. The highest BCUT2D eigenvalue weighted by Crippen LogP contribution is 2.62. The van der Waals surface area contributed by atoms with E-state index in [4.69, 9.17) is 11.6 Å². The van der Waals surface area contributed by atoms with Crippen molar-refractivity contribution in [2.45, 2.75) is 36.8 Å². The van der Waals surface area contributed by atoms with Gasteiger partial charge in [0.2, 0.25) is 0 Å². The lowest BCUT2D eigenvalue weighted by molar-refractivity contribution is 0.107. The van der Waals surface area contributed by atoms with Crippen molar-refractivity contribution in [3.8, 4) is 0 Å². The van der Waals surface area contributed by atoms with Crippen molar-refractivity contribution >= 4 is 11.6 Å². The maximum atomic E-state index is 9.79. The molecule has 3 fully saturated rings. The molecule has 3 aliphatic rings. The Hall–Kier alpha value is 0.210. The lowest BCUT2D eigenvalue weighted by Gasteiger charge is -2.22. The van der Waals surface area contributed by atoms with Crippen LogP contribution in [-0.4, -0.2) is 40.6 Å². The molecule has 4 atom stereocenters. The highest BCUT2D eigenvalue weighted by Gasteiger charge is 2.65. The van der Waals surface area contributed by atoms with Crippen LogP contribution in [0.5, 0.6) is 0 Å². The minimum absolute atomic E-state index is 0.101. The zero-order valence-electron chi connectivity index (χ0n) is 7.04. The fourth-order valence-electron chi connectivity index (χ4n) is 3.18. The number of aliphatic hydroxyl groups excluding tert-OH is 1. The molecule has 0 radical (unpaired) electrons. The highest BCUT2D eigenvalue weighted by atomic mass is 35.5. The Labute approximate surface area is 77.5 Å². The van der Waals surface area contributed by atoms with Gasteiger partial charge in [-0.1, -0.05) is 0 Å². The molecule has 12 heavy (non-hydrogen) atoms. The first-order chi connectivity index (χ1) is 5.74. The Morgan fingerprint density at radius 3 is 2.83 bits per heavy atom. The van der Waals surface area contributed by atoms with Gasteiger partial charge in [0, 0.05) is 23.4 Å². The van der Waals surface area contributed by atoms with Crippen molar-refractivity contribution in [3.05, 3.63) is 0 Å². The van der Waals surface area contributed by atoms with Crippen LogP contribution in [0.2, 0.25) is 0 Å². The second kappa shape index (κ2) is 2.17. The molecule has 0 amide bonds. The number of hydrogen-bond acceptors (Lipinski definition) is 2. The summed E-state index contributed by atoms with van der Waals surface area (Å²) in [5.41, 5.74) is 0.317. The van der Waals surface area contributed by atoms with Gasteiger partial charge in [0.05, 0.1) is 6.10 Å². The fourth-order valence-corrected chi connectivity index (χ4v) is 3.70. The molecule has 1 aliphatic carbocycles. The van der Waals surface area contributed by atoms with Crippen molar-refractivity contribution < 1.29 is 5.11 Å². The van der Waals surface area contributed by atoms with Crippen LogP contribution in [0.1, 0.15) is 19.3 Å². The largest absolute Gasteiger partial charge is 0.391 e. The number of hydrogen-bond donors (Lipinski definition) is 1. The molecule has 1 saturated carbocycles. The number of rotatable bonds is 0. The van der Waals surface area contributed by atoms with Gasteiger partial charge in [-0.25, -0.2) is 0 Å². The predicted molar refractivity (Wildman–Crippen MR) is 47.3 cm³/mol. The second-order valence-electron chi connectivity index (χ2n) is 4.49. The average molecular weight is 188 g/mol. The van der Waals surface area contributed by atoms with E-state index in [2.05, 4.69) is 4.90 Å². The van der Waals surface area contributed by atoms with E-state index in [9.17, 15) is 5.11 Å². The van der Waals surface area contributed by atoms with Crippen LogP contribution in [-0.2, 0) is 0 Å². The third-order valence-electron chi connectivity index (χ3n) is 3.95. The SMILES string of the molecule is O[C@@H]1CCN2CCC3(CC3Cl)C12. The van der Waals surface area contributed by atoms with Gasteiger partial charge in [-0.2, -0.15) is 0 Å². The van der Waals surface area contributed by atoms with Crippen molar-refractivity contribution in [2.75, 3.05) is 13.1 Å². The summed E-state index contributed by atoms with van der Waals surface area (Å²) in [7, 11) is 0. The molecule has 0 bridgehead atoms. The van der Waals surface area contributed by atoms with Crippen molar-refractivity contribution in [1.29, 1.82) is 0 Å². The molecule has 2 saturated heterocycles. The van der Waals surface area contributed by atoms with Gasteiger partial charge in [-0.3, -0.25) is 4.90 Å². The van der Waals surface area contributed by atoms with Crippen LogP contribution in [0.15, 0.2) is 0 Å². The van der Waals surface area contributed by atoms with E-state index in [0.29, 0.717) is 16.8 Å². The Balaban J connectivity index is 1.90. The Bertz CT molecular complexity index is 223. The number of nitrogens with zero attached hydrogens (tertiary/aromatic N) is 1. The molecule has 2 nitrogen and oxygen atoms in total. The third-order valence-corrected chi connectivity index (χ3v) is 4.54. The molecule has 3 rings (SSSR count). The Morgan fingerprint density at radius 2 is 2.17 bits per heavy atom. The van der Waals surface area contributed by atoms with E-state index in [1.54, 1.807) is 0 Å². The second-order valence-corrected chi connectivity index (χ2v) is 5.02. The van der Waals surface area contributed by atoms with Crippen LogP contribution in [0, 0.1) is 5.41 Å². The first-order valence-electron chi connectivity index (χ1n) is 4.80. The standard InChI is InChI=1S/C9H14ClNO/c10-7-5-9(7)2-4-11-3-1-6(12)8(9)11/h6-8,12H,1-5H2/t6-,7?,8?,9?/m1/s1. The Kier molecular flexibility index (Phi) is 1.37. The van der Waals surface area contributed by atoms with Gasteiger partial charge in [0.25, 0.3) is 0 Å². The normalized spacial score (nSPS) is 58.0. The summed E-state index contributed by atoms with van der Waals surface area (Å²) in [6.45, 7) is 2.24. The monoisotopic (exact) mass is 187 g/mol. The molecule has 0 aromatic carbocycles. The zero-order valence-corrected chi connectivity index (χ0v) is 7.80. The van der Waals surface area contributed by atoms with Gasteiger partial charge in [-0.15, -0.1) is 11.6 Å². The van der Waals surface area contributed by atoms with Gasteiger partial charge in [0.15, 0.2) is 0 Å². The minimum Gasteiger partial charge on any atom is -0.391 e. The summed E-state index contributed by atoms with van der Waals surface area (Å²) in [6.07, 6.45) is 3.20. The number of halogens is 1. The lowest BCUT2D eigenvalue weighted by Crippen LogP contribution is -2.35. The number of aliphatic hydroxyl groups is 1. The lowest BCUT2D eigenvalue weighted by atomic mass is 9.93. The van der Waals surface area contributed by atoms with Gasteiger partial charge >= 0.3 is 0 Å². The van der Waals surface area contributed by atoms with Gasteiger partial charge in [-0.05, 0) is 25.8 Å². The maximum absolute atomic E-state index is 9.79. The first kappa shape index (κ1) is 7.60. The highest BCUT2D eigenvalue weighted by molar-refractivity contribution is 6.23. The van der Waals surface area contributed by atoms with Crippen LogP contribution in [0.3, 0.4) is 0 Å². The van der Waals surface area contributed by atoms with E-state index in [1.165, 1.54) is 6.42 Å². The molecule has 3 unspecified atom stereocenters. The number of fused-ring (bicyclic) bond motifs is 2. The maximum Gasteiger partial charge on any atom is 0.0713 e. The van der Waals surface area contributed by atoms with Crippen LogP contribution < -0.4 is 0 Å². The van der Waals surface area contributed by atoms with Crippen molar-refractivity contribution in [1.82, 2.24) is 4.90 Å². The van der Waals surface area contributed by atoms with E-state index in [1.807, 2.05) is 0 Å². The van der Waals surface area contributed by atoms with Crippen molar-refractivity contribution in [2.24, 2.45) is 5.41 Å². The van der Waals surface area contributed by atoms with Gasteiger partial charge in [0.1, 0.15) is 0 Å². The van der Waals surface area contributed by atoms with Gasteiger partial charge < -0.3 is 5.11 Å². The fraction of sp³-hybridized carbons (Fsp3) is 1.00. The Morgan fingerprint density at radius 1 is 1.42 bits per heavy atom. The van der Waals surface area contributed by atoms with E-state index in [0.717, 1.165) is 25.9 Å². The van der Waals surface area contributed by atoms with Crippen LogP contribution in [0.4, 0.5) is 0 Å². The molecule has 2 heterocycles. The van der Waals surface area contributed by atoms with Crippen LogP contribution >= 0.6 is 11.6 Å². The van der Waals surface area contributed by atoms with Crippen LogP contribution in [0.25, 0.3) is 0 Å². The molecule has 3 heteroatoms. The topological polar surface area (TPSA) is 23.5 Å². The van der Waals surface area contributed by atoms with E-state index in [-0.39, 0.29) is 6.10 Å². The summed E-state index contributed by atoms with van der Waals surface area (Å²) in [5, 5.41) is 10.1. The molecule has 1 N–H and O–H groups in total. The summed E-state index contributed by atoms with van der Waals surface area (Å²) in [4.78, 5) is 2.42. The van der Waals surface area contributed by atoms with E-state index >= 15 is 0 Å². The molecule has 68 valence electrons. The molecule has 0 aromatic heterocycles. The quantitative estimate of drug-likeness (QED) is 0.568. The summed E-state index contributed by atoms with van der Waals surface area (Å²) < 4.78 is 0. The smallest absolute Gasteiger partial charge is 0.0713 e. The predicted octanol–water partition coefficient (Wildman–Crippen LogP) is 0.823. The molecule has 2 aliphatic heterocycles.